The van der Waals surface area contributed by atoms with E-state index in [1.807, 2.05) is 6.92 Å². The number of hydrogen-bond donors (Lipinski definition) is 2. The Morgan fingerprint density at radius 2 is 2.33 bits per heavy atom. The molecule has 4 heteroatoms. The smallest absolute Gasteiger partial charge is 0.0959 e. The maximum absolute atomic E-state index is 10.3. The van der Waals surface area contributed by atoms with Gasteiger partial charge in [0.2, 0.25) is 0 Å². The van der Waals surface area contributed by atoms with Crippen LogP contribution >= 0.6 is 11.3 Å². The van der Waals surface area contributed by atoms with Crippen molar-refractivity contribution >= 4 is 11.3 Å². The van der Waals surface area contributed by atoms with Gasteiger partial charge < -0.3 is 10.8 Å². The molecule has 1 aromatic heterocycles. The molecule has 0 amide bonds. The lowest BCUT2D eigenvalue weighted by Crippen LogP contribution is -2.30. The highest BCUT2D eigenvalue weighted by atomic mass is 32.1. The van der Waals surface area contributed by atoms with E-state index in [0.717, 1.165) is 23.5 Å². The van der Waals surface area contributed by atoms with E-state index in [9.17, 15) is 5.11 Å². The zero-order chi connectivity index (χ0) is 11.1. The van der Waals surface area contributed by atoms with Crippen LogP contribution in [0.2, 0.25) is 0 Å². The van der Waals surface area contributed by atoms with Crippen molar-refractivity contribution in [1.82, 2.24) is 4.98 Å². The van der Waals surface area contributed by atoms with Crippen LogP contribution in [0.3, 0.4) is 0 Å². The zero-order valence-electron chi connectivity index (χ0n) is 9.29. The number of thiazole rings is 1. The summed E-state index contributed by atoms with van der Waals surface area (Å²) in [6.07, 6.45) is 3.12. The Labute approximate surface area is 94.3 Å². The standard InChI is InChI=1S/C11H18N2OS/c1-7-8(2)15-10(13-7)6-11(14)4-3-9(12)5-11/h9,14H,3-6,12H2,1-2H3. The van der Waals surface area contributed by atoms with Crippen LogP contribution in [0.1, 0.15) is 34.8 Å². The van der Waals surface area contributed by atoms with E-state index in [0.29, 0.717) is 12.8 Å². The average Bonchev–Trinajstić information content (AvgIpc) is 2.58. The zero-order valence-corrected chi connectivity index (χ0v) is 10.1. The van der Waals surface area contributed by atoms with Gasteiger partial charge in [0.15, 0.2) is 0 Å². The van der Waals surface area contributed by atoms with Crippen LogP contribution in [0.4, 0.5) is 0 Å². The van der Waals surface area contributed by atoms with E-state index in [2.05, 4.69) is 11.9 Å². The molecule has 0 bridgehead atoms. The van der Waals surface area contributed by atoms with E-state index in [-0.39, 0.29) is 6.04 Å². The summed E-state index contributed by atoms with van der Waals surface area (Å²) in [5, 5.41) is 11.3. The molecule has 0 aliphatic heterocycles. The van der Waals surface area contributed by atoms with Crippen molar-refractivity contribution in [2.24, 2.45) is 5.73 Å². The first-order valence-electron chi connectivity index (χ1n) is 5.39. The topological polar surface area (TPSA) is 59.1 Å². The van der Waals surface area contributed by atoms with Gasteiger partial charge in [-0.15, -0.1) is 11.3 Å². The van der Waals surface area contributed by atoms with Crippen molar-refractivity contribution in [2.45, 2.75) is 51.2 Å². The summed E-state index contributed by atoms with van der Waals surface area (Å²) in [6, 6.07) is 0.164. The van der Waals surface area contributed by atoms with Crippen LogP contribution in [0.5, 0.6) is 0 Å². The molecule has 2 atom stereocenters. The quantitative estimate of drug-likeness (QED) is 0.804. The summed E-state index contributed by atoms with van der Waals surface area (Å²) in [4.78, 5) is 5.71. The minimum atomic E-state index is -0.601. The fraction of sp³-hybridized carbons (Fsp3) is 0.727. The molecule has 0 spiro atoms. The highest BCUT2D eigenvalue weighted by Crippen LogP contribution is 2.33. The summed E-state index contributed by atoms with van der Waals surface area (Å²) in [7, 11) is 0. The lowest BCUT2D eigenvalue weighted by Gasteiger charge is -2.20. The number of rotatable bonds is 2. The third kappa shape index (κ3) is 2.38. The van der Waals surface area contributed by atoms with Crippen molar-refractivity contribution in [1.29, 1.82) is 0 Å². The van der Waals surface area contributed by atoms with E-state index >= 15 is 0 Å². The number of aliphatic hydroxyl groups is 1. The van der Waals surface area contributed by atoms with Gasteiger partial charge >= 0.3 is 0 Å². The summed E-state index contributed by atoms with van der Waals surface area (Å²) in [5.74, 6) is 0. The number of aryl methyl sites for hydroxylation is 2. The Bertz CT molecular complexity index is 344. The third-order valence-electron chi connectivity index (χ3n) is 3.18. The highest BCUT2D eigenvalue weighted by molar-refractivity contribution is 7.11. The average molecular weight is 226 g/mol. The second-order valence-corrected chi connectivity index (χ2v) is 5.94. The lowest BCUT2D eigenvalue weighted by molar-refractivity contribution is 0.0468. The molecule has 0 aromatic carbocycles. The largest absolute Gasteiger partial charge is 0.389 e. The molecule has 2 unspecified atom stereocenters. The Balaban J connectivity index is 2.08. The van der Waals surface area contributed by atoms with Gasteiger partial charge in [-0.25, -0.2) is 4.98 Å². The first-order valence-corrected chi connectivity index (χ1v) is 6.21. The second-order valence-electron chi connectivity index (χ2n) is 4.65. The maximum atomic E-state index is 10.3. The number of nitrogens with two attached hydrogens (primary N) is 1. The van der Waals surface area contributed by atoms with Crippen LogP contribution in [0, 0.1) is 13.8 Å². The molecule has 1 aliphatic rings. The predicted octanol–water partition coefficient (Wildman–Crippen LogP) is 1.54. The fourth-order valence-electron chi connectivity index (χ4n) is 2.20. The van der Waals surface area contributed by atoms with Crippen LogP contribution < -0.4 is 5.73 Å². The van der Waals surface area contributed by atoms with Crippen molar-refractivity contribution in [3.8, 4) is 0 Å². The molecule has 3 nitrogen and oxygen atoms in total. The lowest BCUT2D eigenvalue weighted by atomic mass is 9.98. The third-order valence-corrected chi connectivity index (χ3v) is 4.25. The van der Waals surface area contributed by atoms with Crippen molar-refractivity contribution in [2.75, 3.05) is 0 Å². The van der Waals surface area contributed by atoms with Crippen LogP contribution in [-0.2, 0) is 6.42 Å². The van der Waals surface area contributed by atoms with Crippen LogP contribution in [-0.4, -0.2) is 21.7 Å². The molecule has 2 rings (SSSR count). The van der Waals surface area contributed by atoms with E-state index in [1.165, 1.54) is 4.88 Å². The van der Waals surface area contributed by atoms with Crippen molar-refractivity contribution in [3.63, 3.8) is 0 Å². The van der Waals surface area contributed by atoms with E-state index in [4.69, 9.17) is 5.73 Å². The molecular formula is C11H18N2OS. The van der Waals surface area contributed by atoms with Crippen molar-refractivity contribution < 1.29 is 5.11 Å². The summed E-state index contributed by atoms with van der Waals surface area (Å²) >= 11 is 1.69. The van der Waals surface area contributed by atoms with E-state index < -0.39 is 5.60 Å². The van der Waals surface area contributed by atoms with Crippen LogP contribution in [0.25, 0.3) is 0 Å². The molecule has 0 saturated heterocycles. The number of aromatic nitrogens is 1. The van der Waals surface area contributed by atoms with Gasteiger partial charge in [0.05, 0.1) is 16.3 Å². The summed E-state index contributed by atoms with van der Waals surface area (Å²) in [5.41, 5.74) is 6.31. The van der Waals surface area contributed by atoms with Crippen LogP contribution in [0.15, 0.2) is 0 Å². The van der Waals surface area contributed by atoms with Gasteiger partial charge in [0, 0.05) is 17.3 Å². The van der Waals surface area contributed by atoms with E-state index in [1.54, 1.807) is 11.3 Å². The number of hydrogen-bond acceptors (Lipinski definition) is 4. The Morgan fingerprint density at radius 3 is 2.80 bits per heavy atom. The minimum absolute atomic E-state index is 0.164. The van der Waals surface area contributed by atoms with Crippen molar-refractivity contribution in [3.05, 3.63) is 15.6 Å². The molecule has 1 aliphatic carbocycles. The first-order chi connectivity index (χ1) is 6.98. The summed E-state index contributed by atoms with van der Waals surface area (Å²) in [6.45, 7) is 4.08. The van der Waals surface area contributed by atoms with Gasteiger partial charge in [-0.05, 0) is 33.1 Å². The fourth-order valence-corrected chi connectivity index (χ4v) is 3.27. The monoisotopic (exact) mass is 226 g/mol. The molecule has 1 fully saturated rings. The molecule has 1 heterocycles. The Kier molecular flexibility index (Phi) is 2.83. The molecule has 84 valence electrons. The Hall–Kier alpha value is -0.450. The van der Waals surface area contributed by atoms with Gasteiger partial charge in [-0.1, -0.05) is 0 Å². The van der Waals surface area contributed by atoms with Gasteiger partial charge in [0.1, 0.15) is 0 Å². The summed E-state index contributed by atoms with van der Waals surface area (Å²) < 4.78 is 0. The molecular weight excluding hydrogens is 208 g/mol. The van der Waals surface area contributed by atoms with Gasteiger partial charge in [-0.3, -0.25) is 0 Å². The molecule has 1 aromatic rings. The first kappa shape index (κ1) is 11.0. The minimum Gasteiger partial charge on any atom is -0.389 e. The highest BCUT2D eigenvalue weighted by Gasteiger charge is 2.36. The Morgan fingerprint density at radius 1 is 1.60 bits per heavy atom. The number of nitrogens with zero attached hydrogens (tertiary/aromatic N) is 1. The molecule has 0 radical (unpaired) electrons. The molecule has 15 heavy (non-hydrogen) atoms. The molecule has 1 saturated carbocycles. The van der Waals surface area contributed by atoms with Gasteiger partial charge in [-0.2, -0.15) is 0 Å². The maximum Gasteiger partial charge on any atom is 0.0959 e. The normalized spacial score (nSPS) is 31.1. The predicted molar refractivity (Wildman–Crippen MR) is 62.1 cm³/mol. The van der Waals surface area contributed by atoms with Gasteiger partial charge in [0.25, 0.3) is 0 Å². The second kappa shape index (κ2) is 3.85. The SMILES string of the molecule is Cc1nc(CC2(O)CCC(N)C2)sc1C. The molecule has 3 N–H and O–H groups in total.